The summed E-state index contributed by atoms with van der Waals surface area (Å²) in [5.74, 6) is 0.271. The molecule has 0 saturated heterocycles. The van der Waals surface area contributed by atoms with Gasteiger partial charge in [-0.2, -0.15) is 0 Å². The Labute approximate surface area is 162 Å². The summed E-state index contributed by atoms with van der Waals surface area (Å²) < 4.78 is 6.84. The lowest BCUT2D eigenvalue weighted by Crippen LogP contribution is -2.38. The number of carbonyl (C=O) groups is 1. The van der Waals surface area contributed by atoms with Gasteiger partial charge in [0.25, 0.3) is 0 Å². The molecule has 4 aromatic rings. The van der Waals surface area contributed by atoms with E-state index in [1.165, 1.54) is 0 Å². The molecule has 0 amide bonds. The Bertz CT molecular complexity index is 1030. The highest BCUT2D eigenvalue weighted by Gasteiger charge is 2.38. The highest BCUT2D eigenvalue weighted by atomic mass is 32.1. The number of esters is 1. The SMILES string of the molecule is CC(Cc1nc2ccccc2s1)(C(=O)Oc1ccccc1)c1ccccc1. The molecular weight excluding hydrogens is 354 g/mol. The molecule has 3 aromatic carbocycles. The molecule has 134 valence electrons. The molecular formula is C23H19NO2S. The first-order chi connectivity index (χ1) is 13.1. The van der Waals surface area contributed by atoms with E-state index in [9.17, 15) is 4.79 Å². The van der Waals surface area contributed by atoms with Crippen molar-refractivity contribution < 1.29 is 9.53 Å². The molecule has 0 radical (unpaired) electrons. The highest BCUT2D eigenvalue weighted by molar-refractivity contribution is 7.18. The molecule has 1 aromatic heterocycles. The fourth-order valence-corrected chi connectivity index (χ4v) is 4.23. The zero-order chi connectivity index (χ0) is 18.7. The van der Waals surface area contributed by atoms with E-state index < -0.39 is 5.41 Å². The fraction of sp³-hybridized carbons (Fsp3) is 0.130. The van der Waals surface area contributed by atoms with Crippen LogP contribution in [0.25, 0.3) is 10.2 Å². The average Bonchev–Trinajstić information content (AvgIpc) is 3.11. The quantitative estimate of drug-likeness (QED) is 0.347. The second-order valence-corrected chi connectivity index (χ2v) is 7.77. The predicted molar refractivity (Wildman–Crippen MR) is 109 cm³/mol. The molecule has 0 spiro atoms. The van der Waals surface area contributed by atoms with E-state index in [-0.39, 0.29) is 5.97 Å². The first-order valence-electron chi connectivity index (χ1n) is 8.82. The maximum absolute atomic E-state index is 13.2. The third kappa shape index (κ3) is 3.62. The largest absolute Gasteiger partial charge is 0.426 e. The maximum Gasteiger partial charge on any atom is 0.322 e. The lowest BCUT2D eigenvalue weighted by atomic mass is 9.79. The third-order valence-electron chi connectivity index (χ3n) is 4.66. The van der Waals surface area contributed by atoms with Crippen LogP contribution >= 0.6 is 11.3 Å². The Hall–Kier alpha value is -2.98. The summed E-state index contributed by atoms with van der Waals surface area (Å²) in [5, 5.41) is 0.924. The predicted octanol–water partition coefficient (Wildman–Crippen LogP) is 5.40. The highest BCUT2D eigenvalue weighted by Crippen LogP contribution is 2.33. The van der Waals surface area contributed by atoms with Crippen molar-refractivity contribution >= 4 is 27.5 Å². The number of hydrogen-bond donors (Lipinski definition) is 0. The average molecular weight is 373 g/mol. The van der Waals surface area contributed by atoms with Gasteiger partial charge in [-0.3, -0.25) is 4.79 Å². The van der Waals surface area contributed by atoms with Crippen molar-refractivity contribution in [2.45, 2.75) is 18.8 Å². The molecule has 0 aliphatic heterocycles. The van der Waals surface area contributed by atoms with Gasteiger partial charge >= 0.3 is 5.97 Å². The normalized spacial score (nSPS) is 13.2. The molecule has 4 heteroatoms. The summed E-state index contributed by atoms with van der Waals surface area (Å²) in [6, 6.07) is 27.0. The van der Waals surface area contributed by atoms with E-state index in [2.05, 4.69) is 6.07 Å². The molecule has 1 atom stereocenters. The number of rotatable bonds is 5. The fourth-order valence-electron chi connectivity index (χ4n) is 3.10. The van der Waals surface area contributed by atoms with Gasteiger partial charge in [0.15, 0.2) is 0 Å². The van der Waals surface area contributed by atoms with Gasteiger partial charge in [-0.05, 0) is 36.8 Å². The molecule has 0 aliphatic rings. The summed E-state index contributed by atoms with van der Waals surface area (Å²) in [6.07, 6.45) is 0.488. The van der Waals surface area contributed by atoms with Crippen LogP contribution in [-0.2, 0) is 16.6 Å². The number of hydrogen-bond acceptors (Lipinski definition) is 4. The van der Waals surface area contributed by atoms with Crippen LogP contribution in [0.5, 0.6) is 5.75 Å². The molecule has 0 bridgehead atoms. The van der Waals surface area contributed by atoms with Crippen molar-refractivity contribution in [3.63, 3.8) is 0 Å². The second kappa shape index (κ2) is 7.33. The van der Waals surface area contributed by atoms with E-state index >= 15 is 0 Å². The molecule has 0 saturated carbocycles. The standard InChI is InChI=1S/C23H19NO2S/c1-23(17-10-4-2-5-11-17,22(25)26-18-12-6-3-7-13-18)16-21-24-19-14-8-9-15-20(19)27-21/h2-15H,16H2,1H3. The van der Waals surface area contributed by atoms with Gasteiger partial charge in [-0.25, -0.2) is 4.98 Å². The van der Waals surface area contributed by atoms with Crippen LogP contribution in [-0.4, -0.2) is 11.0 Å². The van der Waals surface area contributed by atoms with E-state index in [4.69, 9.17) is 9.72 Å². The zero-order valence-electron chi connectivity index (χ0n) is 15.0. The smallest absolute Gasteiger partial charge is 0.322 e. The van der Waals surface area contributed by atoms with Gasteiger partial charge in [0.05, 0.1) is 20.6 Å². The van der Waals surface area contributed by atoms with E-state index in [1.54, 1.807) is 23.5 Å². The summed E-state index contributed by atoms with van der Waals surface area (Å²) in [7, 11) is 0. The van der Waals surface area contributed by atoms with Crippen LogP contribution in [0, 0.1) is 0 Å². The monoisotopic (exact) mass is 373 g/mol. The Morgan fingerprint density at radius 2 is 1.56 bits per heavy atom. The van der Waals surface area contributed by atoms with Gasteiger partial charge in [-0.15, -0.1) is 11.3 Å². The second-order valence-electron chi connectivity index (χ2n) is 6.65. The van der Waals surface area contributed by atoms with Crippen molar-refractivity contribution in [1.29, 1.82) is 0 Å². The van der Waals surface area contributed by atoms with Gasteiger partial charge in [0.1, 0.15) is 5.75 Å². The van der Waals surface area contributed by atoms with Crippen LogP contribution < -0.4 is 4.74 Å². The summed E-state index contributed by atoms with van der Waals surface area (Å²) in [6.45, 7) is 1.93. The number of carbonyl (C=O) groups excluding carboxylic acids is 1. The Balaban J connectivity index is 1.70. The van der Waals surface area contributed by atoms with Crippen LogP contribution in [0.3, 0.4) is 0 Å². The van der Waals surface area contributed by atoms with Crippen LogP contribution in [0.4, 0.5) is 0 Å². The van der Waals surface area contributed by atoms with Crippen LogP contribution in [0.2, 0.25) is 0 Å². The molecule has 0 N–H and O–H groups in total. The first kappa shape index (κ1) is 17.4. The molecule has 3 nitrogen and oxygen atoms in total. The summed E-state index contributed by atoms with van der Waals surface area (Å²) >= 11 is 1.62. The molecule has 4 rings (SSSR count). The zero-order valence-corrected chi connectivity index (χ0v) is 15.8. The number of ether oxygens (including phenoxy) is 1. The Kier molecular flexibility index (Phi) is 4.73. The summed E-state index contributed by atoms with van der Waals surface area (Å²) in [5.41, 5.74) is 1.06. The molecule has 0 fully saturated rings. The van der Waals surface area contributed by atoms with Crippen molar-refractivity contribution in [3.8, 4) is 5.75 Å². The van der Waals surface area contributed by atoms with Gasteiger partial charge < -0.3 is 4.74 Å². The first-order valence-corrected chi connectivity index (χ1v) is 9.64. The molecule has 0 aliphatic carbocycles. The number of nitrogens with zero attached hydrogens (tertiary/aromatic N) is 1. The van der Waals surface area contributed by atoms with Crippen molar-refractivity contribution in [2.75, 3.05) is 0 Å². The lowest BCUT2D eigenvalue weighted by molar-refractivity contribution is -0.140. The molecule has 1 heterocycles. The summed E-state index contributed by atoms with van der Waals surface area (Å²) in [4.78, 5) is 17.9. The van der Waals surface area contributed by atoms with Crippen molar-refractivity contribution in [1.82, 2.24) is 4.98 Å². The minimum Gasteiger partial charge on any atom is -0.426 e. The van der Waals surface area contributed by atoms with Crippen LogP contribution in [0.15, 0.2) is 84.9 Å². The number of fused-ring (bicyclic) bond motifs is 1. The number of para-hydroxylation sites is 2. The maximum atomic E-state index is 13.2. The Morgan fingerprint density at radius 3 is 2.26 bits per heavy atom. The third-order valence-corrected chi connectivity index (χ3v) is 5.69. The molecule has 1 unspecified atom stereocenters. The number of benzene rings is 3. The lowest BCUT2D eigenvalue weighted by Gasteiger charge is -2.27. The van der Waals surface area contributed by atoms with Crippen molar-refractivity contribution in [2.24, 2.45) is 0 Å². The van der Waals surface area contributed by atoms with Crippen LogP contribution in [0.1, 0.15) is 17.5 Å². The minimum absolute atomic E-state index is 0.279. The van der Waals surface area contributed by atoms with Gasteiger partial charge in [0, 0.05) is 6.42 Å². The number of thiazole rings is 1. The van der Waals surface area contributed by atoms with Gasteiger partial charge in [-0.1, -0.05) is 60.7 Å². The minimum atomic E-state index is -0.828. The van der Waals surface area contributed by atoms with E-state index in [1.807, 2.05) is 73.7 Å². The van der Waals surface area contributed by atoms with E-state index in [0.29, 0.717) is 12.2 Å². The van der Waals surface area contributed by atoms with Gasteiger partial charge in [0.2, 0.25) is 0 Å². The van der Waals surface area contributed by atoms with Crippen molar-refractivity contribution in [3.05, 3.63) is 95.5 Å². The Morgan fingerprint density at radius 1 is 0.926 bits per heavy atom. The molecule has 27 heavy (non-hydrogen) atoms. The number of aromatic nitrogens is 1. The van der Waals surface area contributed by atoms with E-state index in [0.717, 1.165) is 20.8 Å². The topological polar surface area (TPSA) is 39.2 Å².